The van der Waals surface area contributed by atoms with Gasteiger partial charge in [-0.25, -0.2) is 9.37 Å². The van der Waals surface area contributed by atoms with Crippen LogP contribution < -0.4 is 11.1 Å². The van der Waals surface area contributed by atoms with E-state index in [9.17, 15) is 9.18 Å². The van der Waals surface area contributed by atoms with Gasteiger partial charge in [0, 0.05) is 12.4 Å². The van der Waals surface area contributed by atoms with E-state index in [1.807, 2.05) is 0 Å². The lowest BCUT2D eigenvalue weighted by Gasteiger charge is -2.12. The second-order valence-corrected chi connectivity index (χ2v) is 5.39. The van der Waals surface area contributed by atoms with E-state index in [1.165, 1.54) is 23.9 Å². The maximum atomic E-state index is 12.9. The first-order chi connectivity index (χ1) is 9.56. The van der Waals surface area contributed by atoms with Gasteiger partial charge in [-0.15, -0.1) is 0 Å². The fourth-order valence-electron chi connectivity index (χ4n) is 1.46. The first-order valence-electron chi connectivity index (χ1n) is 5.85. The smallest absolute Gasteiger partial charge is 0.237 e. The lowest BCUT2D eigenvalue weighted by Crippen LogP contribution is -2.23. The SMILES string of the molecule is CC(Sc1cnccn1)C(=O)Nc1ccc(F)cc1N. The van der Waals surface area contributed by atoms with Crippen LogP contribution in [0.4, 0.5) is 15.8 Å². The predicted molar refractivity (Wildman–Crippen MR) is 76.8 cm³/mol. The number of hydrogen-bond acceptors (Lipinski definition) is 5. The van der Waals surface area contributed by atoms with Gasteiger partial charge in [-0.1, -0.05) is 11.8 Å². The number of carbonyl (C=O) groups excluding carboxylic acids is 1. The van der Waals surface area contributed by atoms with Crippen LogP contribution in [0, 0.1) is 5.82 Å². The average Bonchev–Trinajstić information content (AvgIpc) is 2.43. The molecular weight excluding hydrogens is 279 g/mol. The minimum absolute atomic E-state index is 0.190. The summed E-state index contributed by atoms with van der Waals surface area (Å²) in [5, 5.41) is 2.93. The van der Waals surface area contributed by atoms with Crippen LogP contribution in [0.5, 0.6) is 0 Å². The molecule has 1 atom stereocenters. The summed E-state index contributed by atoms with van der Waals surface area (Å²) < 4.78 is 12.9. The number of nitrogens with one attached hydrogen (secondary N) is 1. The number of thioether (sulfide) groups is 1. The van der Waals surface area contributed by atoms with Crippen LogP contribution >= 0.6 is 11.8 Å². The number of carbonyl (C=O) groups is 1. The van der Waals surface area contributed by atoms with Gasteiger partial charge in [0.1, 0.15) is 10.8 Å². The van der Waals surface area contributed by atoms with Gasteiger partial charge in [0.25, 0.3) is 0 Å². The number of rotatable bonds is 4. The molecule has 1 amide bonds. The molecule has 1 heterocycles. The zero-order valence-electron chi connectivity index (χ0n) is 10.7. The lowest BCUT2D eigenvalue weighted by molar-refractivity contribution is -0.115. The zero-order chi connectivity index (χ0) is 14.5. The number of nitrogens with two attached hydrogens (primary N) is 1. The van der Waals surface area contributed by atoms with E-state index in [2.05, 4.69) is 15.3 Å². The maximum Gasteiger partial charge on any atom is 0.237 e. The molecule has 0 fully saturated rings. The Morgan fingerprint density at radius 3 is 2.90 bits per heavy atom. The van der Waals surface area contributed by atoms with Crippen molar-refractivity contribution in [1.29, 1.82) is 0 Å². The minimum atomic E-state index is -0.442. The van der Waals surface area contributed by atoms with Crippen LogP contribution in [0.25, 0.3) is 0 Å². The molecule has 0 saturated heterocycles. The van der Waals surface area contributed by atoms with Crippen molar-refractivity contribution >= 4 is 29.0 Å². The molecule has 0 aliphatic rings. The number of nitrogen functional groups attached to an aromatic ring is 1. The number of aromatic nitrogens is 2. The summed E-state index contributed by atoms with van der Waals surface area (Å²) >= 11 is 1.28. The van der Waals surface area contributed by atoms with Crippen molar-refractivity contribution in [1.82, 2.24) is 9.97 Å². The number of benzene rings is 1. The van der Waals surface area contributed by atoms with Crippen molar-refractivity contribution in [3.05, 3.63) is 42.6 Å². The molecule has 1 aromatic carbocycles. The van der Waals surface area contributed by atoms with E-state index in [1.54, 1.807) is 25.5 Å². The van der Waals surface area contributed by atoms with Crippen LogP contribution in [-0.2, 0) is 4.79 Å². The topological polar surface area (TPSA) is 80.9 Å². The van der Waals surface area contributed by atoms with Gasteiger partial charge in [-0.05, 0) is 25.1 Å². The van der Waals surface area contributed by atoms with Crippen molar-refractivity contribution in [3.8, 4) is 0 Å². The quantitative estimate of drug-likeness (QED) is 0.667. The third-order valence-electron chi connectivity index (χ3n) is 2.48. The fraction of sp³-hybridized carbons (Fsp3) is 0.154. The summed E-state index contributed by atoms with van der Waals surface area (Å²) in [7, 11) is 0. The van der Waals surface area contributed by atoms with Crippen LogP contribution in [0.2, 0.25) is 0 Å². The largest absolute Gasteiger partial charge is 0.397 e. The predicted octanol–water partition coefficient (Wildman–Crippen LogP) is 2.32. The molecule has 104 valence electrons. The Morgan fingerprint density at radius 1 is 1.45 bits per heavy atom. The number of nitrogens with zero attached hydrogens (tertiary/aromatic N) is 2. The lowest BCUT2D eigenvalue weighted by atomic mass is 10.2. The van der Waals surface area contributed by atoms with Crippen molar-refractivity contribution < 1.29 is 9.18 Å². The van der Waals surface area contributed by atoms with Crippen molar-refractivity contribution in [3.63, 3.8) is 0 Å². The molecule has 0 aliphatic heterocycles. The van der Waals surface area contributed by atoms with Crippen LogP contribution in [-0.4, -0.2) is 21.1 Å². The average molecular weight is 292 g/mol. The Hall–Kier alpha value is -2.15. The van der Waals surface area contributed by atoms with Gasteiger partial charge in [0.2, 0.25) is 5.91 Å². The fourth-order valence-corrected chi connectivity index (χ4v) is 2.23. The molecule has 3 N–H and O–H groups in total. The van der Waals surface area contributed by atoms with Crippen LogP contribution in [0.3, 0.4) is 0 Å². The molecule has 1 aromatic heterocycles. The highest BCUT2D eigenvalue weighted by atomic mass is 32.2. The molecule has 0 bridgehead atoms. The first-order valence-corrected chi connectivity index (χ1v) is 6.73. The number of anilines is 2. The van der Waals surface area contributed by atoms with Gasteiger partial charge in [-0.2, -0.15) is 0 Å². The van der Waals surface area contributed by atoms with Gasteiger partial charge < -0.3 is 11.1 Å². The molecule has 0 spiro atoms. The van der Waals surface area contributed by atoms with Crippen LogP contribution in [0.15, 0.2) is 41.8 Å². The molecule has 0 saturated carbocycles. The summed E-state index contributed by atoms with van der Waals surface area (Å²) in [5.74, 6) is -0.679. The highest BCUT2D eigenvalue weighted by molar-refractivity contribution is 8.00. The molecule has 2 rings (SSSR count). The normalized spacial score (nSPS) is 11.9. The summed E-state index contributed by atoms with van der Waals surface area (Å²) in [6.07, 6.45) is 4.71. The van der Waals surface area contributed by atoms with E-state index in [-0.39, 0.29) is 16.8 Å². The highest BCUT2D eigenvalue weighted by Gasteiger charge is 2.16. The third kappa shape index (κ3) is 3.67. The van der Waals surface area contributed by atoms with Gasteiger partial charge in [0.15, 0.2) is 0 Å². The highest BCUT2D eigenvalue weighted by Crippen LogP contribution is 2.23. The minimum Gasteiger partial charge on any atom is -0.397 e. The van der Waals surface area contributed by atoms with Gasteiger partial charge in [0.05, 0.1) is 22.8 Å². The Bertz CT molecular complexity index is 609. The van der Waals surface area contributed by atoms with E-state index in [4.69, 9.17) is 5.73 Å². The summed E-state index contributed by atoms with van der Waals surface area (Å²) in [5.41, 5.74) is 6.22. The molecule has 7 heteroatoms. The standard InChI is InChI=1S/C13H13FN4OS/c1-8(20-12-7-16-4-5-17-12)13(19)18-11-3-2-9(14)6-10(11)15/h2-8H,15H2,1H3,(H,18,19). The Balaban J connectivity index is 2.01. The Kier molecular flexibility index (Phi) is 4.52. The Labute approximate surface area is 119 Å². The first kappa shape index (κ1) is 14.3. The Morgan fingerprint density at radius 2 is 2.25 bits per heavy atom. The molecule has 20 heavy (non-hydrogen) atoms. The molecular formula is C13H13FN4OS. The number of amides is 1. The van der Waals surface area contributed by atoms with Crippen LogP contribution in [0.1, 0.15) is 6.92 Å². The van der Waals surface area contributed by atoms with E-state index < -0.39 is 5.82 Å². The molecule has 5 nitrogen and oxygen atoms in total. The summed E-state index contributed by atoms with van der Waals surface area (Å²) in [6.45, 7) is 1.74. The second-order valence-electron chi connectivity index (χ2n) is 4.02. The monoisotopic (exact) mass is 292 g/mol. The van der Waals surface area contributed by atoms with Crippen molar-refractivity contribution in [2.24, 2.45) is 0 Å². The van der Waals surface area contributed by atoms with Gasteiger partial charge in [-0.3, -0.25) is 9.78 Å². The van der Waals surface area contributed by atoms with E-state index >= 15 is 0 Å². The molecule has 1 unspecified atom stereocenters. The maximum absolute atomic E-state index is 12.9. The number of halogens is 1. The zero-order valence-corrected chi connectivity index (χ0v) is 11.5. The second kappa shape index (κ2) is 6.33. The van der Waals surface area contributed by atoms with Crippen molar-refractivity contribution in [2.45, 2.75) is 17.2 Å². The molecule has 0 radical (unpaired) electrons. The van der Waals surface area contributed by atoms with Gasteiger partial charge >= 0.3 is 0 Å². The van der Waals surface area contributed by atoms with E-state index in [0.717, 1.165) is 6.07 Å². The molecule has 0 aliphatic carbocycles. The third-order valence-corrected chi connectivity index (χ3v) is 3.50. The number of hydrogen-bond donors (Lipinski definition) is 2. The molecule has 2 aromatic rings. The summed E-state index contributed by atoms with van der Waals surface area (Å²) in [4.78, 5) is 20.0. The van der Waals surface area contributed by atoms with E-state index in [0.29, 0.717) is 10.7 Å². The summed E-state index contributed by atoms with van der Waals surface area (Å²) in [6, 6.07) is 3.84. The van der Waals surface area contributed by atoms with Crippen molar-refractivity contribution in [2.75, 3.05) is 11.1 Å².